The Labute approximate surface area is 123 Å². The van der Waals surface area contributed by atoms with Gasteiger partial charge in [0.05, 0.1) is 13.2 Å². The van der Waals surface area contributed by atoms with E-state index < -0.39 is 8.32 Å². The first-order valence-corrected chi connectivity index (χ1v) is 9.91. The Balaban J connectivity index is 4.61. The third kappa shape index (κ3) is 7.00. The highest BCUT2D eigenvalue weighted by atomic mass is 28.4. The number of hydrogen-bond acceptors (Lipinski definition) is 4. The van der Waals surface area contributed by atoms with Gasteiger partial charge in [-0.3, -0.25) is 9.59 Å². The quantitative estimate of drug-likeness (QED) is 0.298. The summed E-state index contributed by atoms with van der Waals surface area (Å²) >= 11 is 0. The summed E-state index contributed by atoms with van der Waals surface area (Å²) in [4.78, 5) is 21.6. The van der Waals surface area contributed by atoms with Gasteiger partial charge in [0.25, 0.3) is 0 Å². The van der Waals surface area contributed by atoms with Crippen LogP contribution in [0, 0.1) is 0 Å². The normalized spacial score (nSPS) is 14.3. The van der Waals surface area contributed by atoms with Crippen molar-refractivity contribution in [1.82, 2.24) is 0 Å². The van der Waals surface area contributed by atoms with Gasteiger partial charge in [-0.1, -0.05) is 26.8 Å². The number of esters is 1. The van der Waals surface area contributed by atoms with Crippen LogP contribution in [0.5, 0.6) is 0 Å². The standard InChI is InChI=1S/C15H28O4Si/c1-15(2,3)20(5,6)19-13(10-8-12-16)9-7-11-14(17)18-4/h8,10,12-13H,7,9,11H2,1-6H3/b10-8+/t13-/m0/s1. The molecule has 0 fully saturated rings. The topological polar surface area (TPSA) is 52.6 Å². The van der Waals surface area contributed by atoms with Gasteiger partial charge in [0.15, 0.2) is 8.32 Å². The van der Waals surface area contributed by atoms with E-state index in [4.69, 9.17) is 4.43 Å². The van der Waals surface area contributed by atoms with E-state index in [1.807, 2.05) is 0 Å². The molecule has 0 unspecified atom stereocenters. The third-order valence-corrected chi connectivity index (χ3v) is 8.26. The first-order chi connectivity index (χ1) is 9.14. The third-order valence-electron chi connectivity index (χ3n) is 3.75. The number of allylic oxidation sites excluding steroid dienone is 1. The second-order valence-corrected chi connectivity index (χ2v) is 11.2. The highest BCUT2D eigenvalue weighted by molar-refractivity contribution is 6.74. The first-order valence-electron chi connectivity index (χ1n) is 7.00. The Morgan fingerprint density at radius 1 is 1.30 bits per heavy atom. The Morgan fingerprint density at radius 3 is 2.35 bits per heavy atom. The molecule has 0 saturated heterocycles. The van der Waals surface area contributed by atoms with Crippen molar-refractivity contribution in [2.75, 3.05) is 7.11 Å². The van der Waals surface area contributed by atoms with Crippen molar-refractivity contribution in [2.45, 2.75) is 64.3 Å². The summed E-state index contributed by atoms with van der Waals surface area (Å²) in [7, 11) is -0.500. The van der Waals surface area contributed by atoms with Gasteiger partial charge in [-0.25, -0.2) is 0 Å². The lowest BCUT2D eigenvalue weighted by Gasteiger charge is -2.38. The van der Waals surface area contributed by atoms with Crippen molar-refractivity contribution < 1.29 is 18.8 Å². The molecule has 0 heterocycles. The number of ether oxygens (including phenoxy) is 1. The molecule has 0 rings (SSSR count). The van der Waals surface area contributed by atoms with E-state index in [9.17, 15) is 9.59 Å². The van der Waals surface area contributed by atoms with Crippen molar-refractivity contribution >= 4 is 20.6 Å². The van der Waals surface area contributed by atoms with E-state index in [2.05, 4.69) is 38.6 Å². The molecule has 5 heteroatoms. The van der Waals surface area contributed by atoms with E-state index in [1.165, 1.54) is 13.2 Å². The molecule has 0 N–H and O–H groups in total. The monoisotopic (exact) mass is 300 g/mol. The molecule has 0 aromatic heterocycles. The average Bonchev–Trinajstić information content (AvgIpc) is 2.33. The van der Waals surface area contributed by atoms with Gasteiger partial charge >= 0.3 is 5.97 Å². The molecule has 0 aromatic carbocycles. The van der Waals surface area contributed by atoms with Gasteiger partial charge in [0.1, 0.15) is 6.29 Å². The van der Waals surface area contributed by atoms with Gasteiger partial charge in [0.2, 0.25) is 0 Å². The molecule has 0 aliphatic heterocycles. The van der Waals surface area contributed by atoms with Crippen LogP contribution in [0.3, 0.4) is 0 Å². The van der Waals surface area contributed by atoms with Crippen molar-refractivity contribution in [3.63, 3.8) is 0 Å². The van der Waals surface area contributed by atoms with Crippen LogP contribution in [-0.2, 0) is 18.8 Å². The number of carbonyl (C=O) groups excluding carboxylic acids is 2. The molecule has 20 heavy (non-hydrogen) atoms. The zero-order valence-electron chi connectivity index (χ0n) is 13.6. The molecular formula is C15H28O4Si. The zero-order chi connectivity index (χ0) is 15.8. The highest BCUT2D eigenvalue weighted by Crippen LogP contribution is 2.37. The van der Waals surface area contributed by atoms with Crippen molar-refractivity contribution in [2.24, 2.45) is 0 Å². The van der Waals surface area contributed by atoms with E-state index in [0.717, 1.165) is 6.29 Å². The van der Waals surface area contributed by atoms with Crippen LogP contribution in [0.4, 0.5) is 0 Å². The van der Waals surface area contributed by atoms with Crippen molar-refractivity contribution in [3.05, 3.63) is 12.2 Å². The number of carbonyl (C=O) groups is 2. The summed E-state index contributed by atoms with van der Waals surface area (Å²) in [5, 5.41) is 0.114. The maximum absolute atomic E-state index is 11.1. The fourth-order valence-corrected chi connectivity index (χ4v) is 2.78. The van der Waals surface area contributed by atoms with Gasteiger partial charge in [-0.05, 0) is 37.0 Å². The fourth-order valence-electron chi connectivity index (χ4n) is 1.47. The van der Waals surface area contributed by atoms with Gasteiger partial charge in [-0.2, -0.15) is 0 Å². The molecule has 4 nitrogen and oxygen atoms in total. The number of aldehydes is 1. The number of hydrogen-bond donors (Lipinski definition) is 0. The van der Waals surface area contributed by atoms with E-state index >= 15 is 0 Å². The van der Waals surface area contributed by atoms with Crippen LogP contribution < -0.4 is 0 Å². The summed E-state index contributed by atoms with van der Waals surface area (Å²) in [5.41, 5.74) is 0. The molecule has 1 atom stereocenters. The summed E-state index contributed by atoms with van der Waals surface area (Å²) in [6, 6.07) is 0. The summed E-state index contributed by atoms with van der Waals surface area (Å²) in [5.74, 6) is -0.213. The molecule has 0 saturated carbocycles. The second kappa shape index (κ2) is 8.37. The summed E-state index contributed by atoms with van der Waals surface area (Å²) in [6.45, 7) is 10.9. The van der Waals surface area contributed by atoms with Crippen molar-refractivity contribution in [3.8, 4) is 0 Å². The highest BCUT2D eigenvalue weighted by Gasteiger charge is 2.38. The van der Waals surface area contributed by atoms with E-state index in [0.29, 0.717) is 19.3 Å². The largest absolute Gasteiger partial charge is 0.469 e. The van der Waals surface area contributed by atoms with Crippen LogP contribution in [0.2, 0.25) is 18.1 Å². The Hall–Kier alpha value is -0.943. The predicted molar refractivity (Wildman–Crippen MR) is 83.1 cm³/mol. The Bertz CT molecular complexity index is 342. The van der Waals surface area contributed by atoms with Crippen LogP contribution >= 0.6 is 0 Å². The smallest absolute Gasteiger partial charge is 0.305 e. The van der Waals surface area contributed by atoms with Gasteiger partial charge in [-0.15, -0.1) is 0 Å². The SMILES string of the molecule is COC(=O)CCC[C@@H](/C=C/C=O)O[Si](C)(C)C(C)(C)C. The Morgan fingerprint density at radius 2 is 1.90 bits per heavy atom. The maximum atomic E-state index is 11.1. The van der Waals surface area contributed by atoms with Crippen LogP contribution in [-0.4, -0.2) is 33.8 Å². The van der Waals surface area contributed by atoms with Crippen LogP contribution in [0.1, 0.15) is 40.0 Å². The number of methoxy groups -OCH3 is 1. The minimum Gasteiger partial charge on any atom is -0.469 e. The number of rotatable bonds is 8. The molecule has 0 bridgehead atoms. The molecule has 0 radical (unpaired) electrons. The molecule has 0 amide bonds. The van der Waals surface area contributed by atoms with E-state index in [-0.39, 0.29) is 17.1 Å². The van der Waals surface area contributed by atoms with Crippen molar-refractivity contribution in [1.29, 1.82) is 0 Å². The lowest BCUT2D eigenvalue weighted by atomic mass is 10.1. The summed E-state index contributed by atoms with van der Waals surface area (Å²) < 4.78 is 10.9. The molecule has 0 aromatic rings. The van der Waals surface area contributed by atoms with Crippen LogP contribution in [0.25, 0.3) is 0 Å². The molecular weight excluding hydrogens is 272 g/mol. The maximum Gasteiger partial charge on any atom is 0.305 e. The lowest BCUT2D eigenvalue weighted by Crippen LogP contribution is -2.43. The van der Waals surface area contributed by atoms with Crippen LogP contribution in [0.15, 0.2) is 12.2 Å². The summed E-state index contributed by atoms with van der Waals surface area (Å²) in [6.07, 6.45) is 5.66. The van der Waals surface area contributed by atoms with E-state index in [1.54, 1.807) is 6.08 Å². The fraction of sp³-hybridized carbons (Fsp3) is 0.733. The molecule has 0 aliphatic rings. The minimum atomic E-state index is -1.89. The minimum absolute atomic E-state index is 0.114. The average molecular weight is 300 g/mol. The Kier molecular flexibility index (Phi) is 7.97. The molecule has 0 spiro atoms. The predicted octanol–water partition coefficient (Wildman–Crippen LogP) is 3.48. The zero-order valence-corrected chi connectivity index (χ0v) is 14.6. The first kappa shape index (κ1) is 19.1. The lowest BCUT2D eigenvalue weighted by molar-refractivity contribution is -0.140. The molecule has 116 valence electrons. The second-order valence-electron chi connectivity index (χ2n) is 6.41. The van der Waals surface area contributed by atoms with Gasteiger partial charge < -0.3 is 9.16 Å². The van der Waals surface area contributed by atoms with Gasteiger partial charge in [0, 0.05) is 6.42 Å². The molecule has 0 aliphatic carbocycles.